The molecule has 0 bridgehead atoms. The lowest BCUT2D eigenvalue weighted by Gasteiger charge is -2.25. The molecule has 3 aliphatic rings. The maximum Gasteiger partial charge on any atom is 0.312 e. The molecule has 0 aliphatic carbocycles. The summed E-state index contributed by atoms with van der Waals surface area (Å²) >= 11 is 0. The molecule has 21 heavy (non-hydrogen) atoms. The number of amides is 2. The van der Waals surface area contributed by atoms with Crippen molar-refractivity contribution in [2.24, 2.45) is 0 Å². The first-order valence-electron chi connectivity index (χ1n) is 8.28. The van der Waals surface area contributed by atoms with E-state index in [1.165, 1.54) is 12.8 Å². The molecule has 2 amide bonds. The van der Waals surface area contributed by atoms with Crippen LogP contribution in [-0.4, -0.2) is 84.9 Å². The number of carbonyl (C=O) groups is 2. The topological polar surface area (TPSA) is 55.9 Å². The summed E-state index contributed by atoms with van der Waals surface area (Å²) in [6.45, 7) is 6.83. The number of nitrogens with one attached hydrogen (secondary N) is 1. The summed E-state index contributed by atoms with van der Waals surface area (Å²) in [7, 11) is 0. The predicted octanol–water partition coefficient (Wildman–Crippen LogP) is -0.495. The third-order valence-corrected chi connectivity index (χ3v) is 4.92. The minimum absolute atomic E-state index is 0.293. The van der Waals surface area contributed by atoms with Crippen molar-refractivity contribution in [3.8, 4) is 0 Å². The first kappa shape index (κ1) is 14.8. The van der Waals surface area contributed by atoms with Crippen LogP contribution in [-0.2, 0) is 9.59 Å². The van der Waals surface area contributed by atoms with Crippen LogP contribution in [0.4, 0.5) is 0 Å². The largest absolute Gasteiger partial charge is 0.333 e. The van der Waals surface area contributed by atoms with Crippen LogP contribution in [0.15, 0.2) is 0 Å². The van der Waals surface area contributed by atoms with E-state index in [4.69, 9.17) is 0 Å². The Hall–Kier alpha value is -1.14. The molecule has 1 unspecified atom stereocenters. The molecule has 1 N–H and O–H groups in total. The second-order valence-electron chi connectivity index (χ2n) is 6.33. The zero-order valence-corrected chi connectivity index (χ0v) is 12.7. The summed E-state index contributed by atoms with van der Waals surface area (Å²) in [5.74, 6) is -0.598. The van der Waals surface area contributed by atoms with Gasteiger partial charge >= 0.3 is 11.8 Å². The van der Waals surface area contributed by atoms with Crippen LogP contribution < -0.4 is 5.32 Å². The maximum atomic E-state index is 12.4. The molecule has 3 aliphatic heterocycles. The number of hydrogen-bond donors (Lipinski definition) is 1. The number of nitrogens with zero attached hydrogens (tertiary/aromatic N) is 3. The van der Waals surface area contributed by atoms with E-state index in [2.05, 4.69) is 10.2 Å². The molecule has 3 saturated heterocycles. The Morgan fingerprint density at radius 2 is 1.57 bits per heavy atom. The fourth-order valence-corrected chi connectivity index (χ4v) is 3.65. The van der Waals surface area contributed by atoms with Gasteiger partial charge in [-0.2, -0.15) is 0 Å². The third-order valence-electron chi connectivity index (χ3n) is 4.92. The van der Waals surface area contributed by atoms with E-state index in [1.807, 2.05) is 0 Å². The van der Waals surface area contributed by atoms with Crippen LogP contribution in [0, 0.1) is 0 Å². The number of hydrogen-bond acceptors (Lipinski definition) is 4. The van der Waals surface area contributed by atoms with Gasteiger partial charge in [-0.15, -0.1) is 0 Å². The smallest absolute Gasteiger partial charge is 0.312 e. The molecule has 1 atom stereocenters. The molecule has 118 valence electrons. The van der Waals surface area contributed by atoms with E-state index in [9.17, 15) is 9.59 Å². The van der Waals surface area contributed by atoms with Crippen molar-refractivity contribution in [1.29, 1.82) is 0 Å². The quantitative estimate of drug-likeness (QED) is 0.663. The summed E-state index contributed by atoms with van der Waals surface area (Å²) in [6.07, 6.45) is 4.48. The van der Waals surface area contributed by atoms with Gasteiger partial charge in [0, 0.05) is 38.8 Å². The second-order valence-corrected chi connectivity index (χ2v) is 6.33. The van der Waals surface area contributed by atoms with Gasteiger partial charge in [-0.05, 0) is 45.3 Å². The normalized spacial score (nSPS) is 27.9. The summed E-state index contributed by atoms with van der Waals surface area (Å²) in [5, 5.41) is 3.26. The van der Waals surface area contributed by atoms with Crippen LogP contribution in [0.5, 0.6) is 0 Å². The summed E-state index contributed by atoms with van der Waals surface area (Å²) in [4.78, 5) is 30.7. The van der Waals surface area contributed by atoms with E-state index in [0.717, 1.165) is 52.1 Å². The van der Waals surface area contributed by atoms with E-state index in [-0.39, 0.29) is 11.8 Å². The van der Waals surface area contributed by atoms with Crippen molar-refractivity contribution < 1.29 is 9.59 Å². The van der Waals surface area contributed by atoms with Gasteiger partial charge in [0.25, 0.3) is 0 Å². The van der Waals surface area contributed by atoms with E-state index in [1.54, 1.807) is 9.80 Å². The molecule has 0 aromatic carbocycles. The average Bonchev–Trinajstić information content (AvgIpc) is 3.12. The molecule has 0 aromatic heterocycles. The molecule has 0 saturated carbocycles. The van der Waals surface area contributed by atoms with Crippen molar-refractivity contribution in [3.63, 3.8) is 0 Å². The third kappa shape index (κ3) is 3.37. The van der Waals surface area contributed by atoms with Crippen LogP contribution in [0.2, 0.25) is 0 Å². The Morgan fingerprint density at radius 1 is 0.810 bits per heavy atom. The zero-order valence-electron chi connectivity index (χ0n) is 12.7. The van der Waals surface area contributed by atoms with Gasteiger partial charge < -0.3 is 15.1 Å². The molecule has 3 fully saturated rings. The van der Waals surface area contributed by atoms with Gasteiger partial charge in [0.1, 0.15) is 0 Å². The first-order valence-corrected chi connectivity index (χ1v) is 8.28. The predicted molar refractivity (Wildman–Crippen MR) is 79.9 cm³/mol. The van der Waals surface area contributed by atoms with E-state index >= 15 is 0 Å². The van der Waals surface area contributed by atoms with Crippen molar-refractivity contribution in [1.82, 2.24) is 20.0 Å². The van der Waals surface area contributed by atoms with Crippen molar-refractivity contribution in [2.45, 2.75) is 31.7 Å². The zero-order chi connectivity index (χ0) is 14.7. The number of carbonyl (C=O) groups excluding carboxylic acids is 2. The second kappa shape index (κ2) is 6.75. The standard InChI is InChI=1S/C15H26N4O2/c20-14(18-9-3-5-16-6-11-18)15(21)19-10-4-13(12-19)17-7-1-2-8-17/h13,16H,1-12H2. The van der Waals surface area contributed by atoms with Gasteiger partial charge in [-0.3, -0.25) is 14.5 Å². The van der Waals surface area contributed by atoms with E-state index in [0.29, 0.717) is 19.1 Å². The molecule has 3 heterocycles. The summed E-state index contributed by atoms with van der Waals surface area (Å²) in [6, 6.07) is 0.468. The summed E-state index contributed by atoms with van der Waals surface area (Å²) in [5.41, 5.74) is 0. The van der Waals surface area contributed by atoms with Crippen LogP contribution in [0.1, 0.15) is 25.7 Å². The number of likely N-dealkylation sites (tertiary alicyclic amines) is 2. The van der Waals surface area contributed by atoms with Crippen LogP contribution in [0.3, 0.4) is 0 Å². The average molecular weight is 294 g/mol. The Morgan fingerprint density at radius 3 is 2.38 bits per heavy atom. The highest BCUT2D eigenvalue weighted by atomic mass is 16.2. The monoisotopic (exact) mass is 294 g/mol. The molecule has 6 heteroatoms. The van der Waals surface area contributed by atoms with Crippen LogP contribution in [0.25, 0.3) is 0 Å². The van der Waals surface area contributed by atoms with Gasteiger partial charge in [-0.25, -0.2) is 0 Å². The minimum Gasteiger partial charge on any atom is -0.333 e. The molecular weight excluding hydrogens is 268 g/mol. The highest BCUT2D eigenvalue weighted by Crippen LogP contribution is 2.20. The lowest BCUT2D eigenvalue weighted by atomic mass is 10.2. The minimum atomic E-state index is -0.305. The molecule has 0 radical (unpaired) electrons. The van der Waals surface area contributed by atoms with Gasteiger partial charge in [0.2, 0.25) is 0 Å². The maximum absolute atomic E-state index is 12.4. The molecule has 0 spiro atoms. The van der Waals surface area contributed by atoms with Gasteiger partial charge in [-0.1, -0.05) is 0 Å². The van der Waals surface area contributed by atoms with Gasteiger partial charge in [0.15, 0.2) is 0 Å². The fraction of sp³-hybridized carbons (Fsp3) is 0.867. The fourth-order valence-electron chi connectivity index (χ4n) is 3.65. The highest BCUT2D eigenvalue weighted by Gasteiger charge is 2.35. The van der Waals surface area contributed by atoms with E-state index < -0.39 is 0 Å². The molecule has 3 rings (SSSR count). The SMILES string of the molecule is O=C(C(=O)N1CCC(N2CCCC2)C1)N1CCCNCC1. The summed E-state index contributed by atoms with van der Waals surface area (Å²) < 4.78 is 0. The van der Waals surface area contributed by atoms with Crippen molar-refractivity contribution in [3.05, 3.63) is 0 Å². The van der Waals surface area contributed by atoms with Crippen LogP contribution >= 0.6 is 0 Å². The Bertz CT molecular complexity index is 387. The van der Waals surface area contributed by atoms with Crippen molar-refractivity contribution >= 4 is 11.8 Å². The molecular formula is C15H26N4O2. The Kier molecular flexibility index (Phi) is 4.75. The highest BCUT2D eigenvalue weighted by molar-refractivity contribution is 6.35. The number of rotatable bonds is 1. The lowest BCUT2D eigenvalue weighted by molar-refractivity contribution is -0.151. The molecule has 0 aromatic rings. The Labute approximate surface area is 126 Å². The first-order chi connectivity index (χ1) is 10.3. The molecule has 6 nitrogen and oxygen atoms in total. The lowest BCUT2D eigenvalue weighted by Crippen LogP contribution is -2.46. The Balaban J connectivity index is 1.53. The van der Waals surface area contributed by atoms with Crippen molar-refractivity contribution in [2.75, 3.05) is 52.4 Å². The van der Waals surface area contributed by atoms with Gasteiger partial charge in [0.05, 0.1) is 0 Å².